The first-order valence-electron chi connectivity index (χ1n) is 9.65. The zero-order chi connectivity index (χ0) is 21.8. The average Bonchev–Trinajstić information content (AvgIpc) is 3.48. The van der Waals surface area contributed by atoms with Crippen molar-refractivity contribution in [1.82, 2.24) is 0 Å². The fourth-order valence-electron chi connectivity index (χ4n) is 5.10. The van der Waals surface area contributed by atoms with Crippen molar-refractivity contribution >= 4 is 23.9 Å². The molecule has 6 atom stereocenters. The third-order valence-electron chi connectivity index (χ3n) is 6.11. The second-order valence-electron chi connectivity index (χ2n) is 7.25. The topological polar surface area (TPSA) is 124 Å². The second-order valence-corrected chi connectivity index (χ2v) is 7.25. The van der Waals surface area contributed by atoms with Gasteiger partial charge in [-0.25, -0.2) is 14.4 Å². The number of carbonyl (C=O) groups is 4. The van der Waals surface area contributed by atoms with Crippen LogP contribution in [0, 0.1) is 11.3 Å². The molecule has 4 heterocycles. The number of hydrogen-bond acceptors (Lipinski definition) is 10. The van der Waals surface area contributed by atoms with Crippen molar-refractivity contribution in [2.24, 2.45) is 11.3 Å². The molecule has 0 spiro atoms. The van der Waals surface area contributed by atoms with Gasteiger partial charge in [-0.05, 0) is 19.9 Å². The van der Waals surface area contributed by atoms with E-state index in [1.54, 1.807) is 13.8 Å². The molecular formula is C20H22O10. The van der Waals surface area contributed by atoms with Crippen LogP contribution in [0.2, 0.25) is 0 Å². The van der Waals surface area contributed by atoms with Gasteiger partial charge >= 0.3 is 23.9 Å². The van der Waals surface area contributed by atoms with Crippen molar-refractivity contribution in [2.45, 2.75) is 38.3 Å². The van der Waals surface area contributed by atoms with Crippen LogP contribution in [0.5, 0.6) is 0 Å². The lowest BCUT2D eigenvalue weighted by Crippen LogP contribution is -2.56. The summed E-state index contributed by atoms with van der Waals surface area (Å²) in [7, 11) is 2.34. The standard InChI is InChI=1S/C20H22O10/c1-5-27-16(21)8-7-9-20(19(24)28-6-2)12(13(8)29-9)14-10(17(22)25-3)11(15(20)30-14)18(23)26-4/h7,9,12-15H,5-6H2,1-4H3/t9-,12-,13+,14-,15+,20+/m1/s1. The van der Waals surface area contributed by atoms with Crippen LogP contribution < -0.4 is 0 Å². The van der Waals surface area contributed by atoms with Crippen molar-refractivity contribution in [3.05, 3.63) is 22.8 Å². The van der Waals surface area contributed by atoms with Crippen LogP contribution in [0.4, 0.5) is 0 Å². The normalized spacial score (nSPS) is 35.1. The number of esters is 4. The third kappa shape index (κ3) is 2.37. The Balaban J connectivity index is 1.87. The highest BCUT2D eigenvalue weighted by Crippen LogP contribution is 2.66. The van der Waals surface area contributed by atoms with Gasteiger partial charge in [0.05, 0.1) is 62.5 Å². The Morgan fingerprint density at radius 2 is 1.53 bits per heavy atom. The fraction of sp³-hybridized carbons (Fsp3) is 0.600. The Labute approximate surface area is 172 Å². The Hall–Kier alpha value is -2.72. The van der Waals surface area contributed by atoms with Crippen molar-refractivity contribution < 1.29 is 47.6 Å². The predicted octanol–water partition coefficient (Wildman–Crippen LogP) is -0.154. The van der Waals surface area contributed by atoms with Gasteiger partial charge in [0.1, 0.15) is 11.5 Å². The molecule has 162 valence electrons. The van der Waals surface area contributed by atoms with Gasteiger partial charge in [-0.3, -0.25) is 4.79 Å². The molecule has 2 saturated heterocycles. The molecule has 4 rings (SSSR count). The van der Waals surface area contributed by atoms with E-state index in [0.717, 1.165) is 0 Å². The quantitative estimate of drug-likeness (QED) is 0.421. The van der Waals surface area contributed by atoms with Crippen LogP contribution in [-0.4, -0.2) is 75.7 Å². The number of ether oxygens (including phenoxy) is 6. The number of carbonyl (C=O) groups excluding carboxylic acids is 4. The van der Waals surface area contributed by atoms with E-state index in [9.17, 15) is 19.2 Å². The minimum atomic E-state index is -1.43. The van der Waals surface area contributed by atoms with E-state index in [-0.39, 0.29) is 29.9 Å². The van der Waals surface area contributed by atoms with Crippen LogP contribution in [0.3, 0.4) is 0 Å². The molecule has 4 aliphatic rings. The summed E-state index contributed by atoms with van der Waals surface area (Å²) in [6, 6.07) is 0. The molecule has 30 heavy (non-hydrogen) atoms. The van der Waals surface area contributed by atoms with Gasteiger partial charge in [-0.15, -0.1) is 0 Å². The minimum Gasteiger partial charge on any atom is -0.466 e. The summed E-state index contributed by atoms with van der Waals surface area (Å²) in [6.07, 6.45) is -2.36. The smallest absolute Gasteiger partial charge is 0.337 e. The maximum absolute atomic E-state index is 13.2. The summed E-state index contributed by atoms with van der Waals surface area (Å²) in [4.78, 5) is 50.7. The van der Waals surface area contributed by atoms with Gasteiger partial charge in [0, 0.05) is 5.92 Å². The maximum atomic E-state index is 13.2. The molecule has 0 unspecified atom stereocenters. The average molecular weight is 422 g/mol. The second kappa shape index (κ2) is 7.21. The van der Waals surface area contributed by atoms with E-state index < -0.39 is 59.6 Å². The Morgan fingerprint density at radius 3 is 2.13 bits per heavy atom. The monoisotopic (exact) mass is 422 g/mol. The van der Waals surface area contributed by atoms with Crippen LogP contribution in [-0.2, 0) is 47.6 Å². The van der Waals surface area contributed by atoms with E-state index in [0.29, 0.717) is 0 Å². The summed E-state index contributed by atoms with van der Waals surface area (Å²) in [5.41, 5.74) is -1.28. The van der Waals surface area contributed by atoms with Crippen LogP contribution in [0.15, 0.2) is 22.8 Å². The number of methoxy groups -OCH3 is 2. The van der Waals surface area contributed by atoms with E-state index in [1.807, 2.05) is 0 Å². The number of hydrogen-bond donors (Lipinski definition) is 0. The molecule has 0 aliphatic carbocycles. The van der Waals surface area contributed by atoms with Gasteiger partial charge < -0.3 is 28.4 Å². The lowest BCUT2D eigenvalue weighted by atomic mass is 9.58. The molecule has 10 heteroatoms. The van der Waals surface area contributed by atoms with Gasteiger partial charge in [-0.1, -0.05) is 0 Å². The lowest BCUT2D eigenvalue weighted by molar-refractivity contribution is -0.162. The van der Waals surface area contributed by atoms with E-state index in [2.05, 4.69) is 0 Å². The Bertz CT molecular complexity index is 886. The molecule has 2 fully saturated rings. The van der Waals surface area contributed by atoms with Gasteiger partial charge in [0.15, 0.2) is 0 Å². The molecule has 0 aromatic rings. The first-order chi connectivity index (χ1) is 14.4. The fourth-order valence-corrected chi connectivity index (χ4v) is 5.10. The highest BCUT2D eigenvalue weighted by Gasteiger charge is 2.80. The highest BCUT2D eigenvalue weighted by molar-refractivity contribution is 6.05. The largest absolute Gasteiger partial charge is 0.466 e. The molecule has 0 N–H and O–H groups in total. The van der Waals surface area contributed by atoms with Gasteiger partial charge in [0.25, 0.3) is 0 Å². The molecule has 0 aromatic heterocycles. The Kier molecular flexibility index (Phi) is 4.94. The molecule has 0 amide bonds. The molecule has 0 aromatic carbocycles. The highest BCUT2D eigenvalue weighted by atomic mass is 16.6. The van der Waals surface area contributed by atoms with Crippen LogP contribution >= 0.6 is 0 Å². The van der Waals surface area contributed by atoms with Crippen molar-refractivity contribution in [3.8, 4) is 0 Å². The summed E-state index contributed by atoms with van der Waals surface area (Å²) in [6.45, 7) is 3.60. The zero-order valence-electron chi connectivity index (χ0n) is 17.0. The molecule has 0 saturated carbocycles. The molecule has 0 radical (unpaired) electrons. The first-order valence-corrected chi connectivity index (χ1v) is 9.65. The number of rotatable bonds is 6. The summed E-state index contributed by atoms with van der Waals surface area (Å²) in [5, 5.41) is 0. The van der Waals surface area contributed by atoms with Gasteiger partial charge in [-0.2, -0.15) is 0 Å². The maximum Gasteiger partial charge on any atom is 0.337 e. The van der Waals surface area contributed by atoms with Crippen molar-refractivity contribution in [1.29, 1.82) is 0 Å². The van der Waals surface area contributed by atoms with Gasteiger partial charge in [0.2, 0.25) is 0 Å². The SMILES string of the molecule is CCOC(=O)C1=C[C@H]2O[C@@H]1[C@@H]1[C@@H]3O[C@@H](C(C(=O)OC)=C3C(=O)OC)[C@@]12C(=O)OCC. The summed E-state index contributed by atoms with van der Waals surface area (Å²) in [5.74, 6) is -3.54. The minimum absolute atomic E-state index is 0.0290. The lowest BCUT2D eigenvalue weighted by Gasteiger charge is -2.39. The van der Waals surface area contributed by atoms with Crippen molar-refractivity contribution in [3.63, 3.8) is 0 Å². The van der Waals surface area contributed by atoms with E-state index >= 15 is 0 Å². The number of fused-ring (bicyclic) bond motifs is 9. The van der Waals surface area contributed by atoms with E-state index in [1.165, 1.54) is 20.3 Å². The molecule has 4 bridgehead atoms. The van der Waals surface area contributed by atoms with Crippen LogP contribution in [0.1, 0.15) is 13.8 Å². The summed E-state index contributed by atoms with van der Waals surface area (Å²) < 4.78 is 32.1. The molecule has 4 aliphatic heterocycles. The summed E-state index contributed by atoms with van der Waals surface area (Å²) >= 11 is 0. The predicted molar refractivity (Wildman–Crippen MR) is 95.7 cm³/mol. The molecular weight excluding hydrogens is 400 g/mol. The zero-order valence-corrected chi connectivity index (χ0v) is 17.0. The van der Waals surface area contributed by atoms with E-state index in [4.69, 9.17) is 28.4 Å². The first kappa shape index (κ1) is 20.5. The Morgan fingerprint density at radius 1 is 0.900 bits per heavy atom. The van der Waals surface area contributed by atoms with Crippen LogP contribution in [0.25, 0.3) is 0 Å². The third-order valence-corrected chi connectivity index (χ3v) is 6.11. The molecule has 10 nitrogen and oxygen atoms in total. The van der Waals surface area contributed by atoms with Crippen molar-refractivity contribution in [2.75, 3.05) is 27.4 Å².